The Morgan fingerprint density at radius 2 is 2.26 bits per heavy atom. The molecule has 0 saturated heterocycles. The van der Waals surface area contributed by atoms with Gasteiger partial charge in [0, 0.05) is 17.3 Å². The van der Waals surface area contributed by atoms with Crippen LogP contribution in [0.4, 0.5) is 0 Å². The molecule has 3 nitrogen and oxygen atoms in total. The molecular weight excluding hydrogens is 282 g/mol. The SMILES string of the molecule is CC(Cc1cccs1)NC(=O)c1cc(O)ccc1Cl. The Morgan fingerprint density at radius 3 is 2.95 bits per heavy atom. The van der Waals surface area contributed by atoms with Crippen molar-refractivity contribution in [3.8, 4) is 5.75 Å². The first-order valence-electron chi connectivity index (χ1n) is 5.88. The Bertz CT molecular complexity index is 569. The summed E-state index contributed by atoms with van der Waals surface area (Å²) >= 11 is 7.61. The van der Waals surface area contributed by atoms with Gasteiger partial charge < -0.3 is 10.4 Å². The Kier molecular flexibility index (Phi) is 4.45. The second-order valence-corrected chi connectivity index (χ2v) is 5.76. The number of amides is 1. The predicted molar refractivity (Wildman–Crippen MR) is 78.1 cm³/mol. The van der Waals surface area contributed by atoms with Gasteiger partial charge in [0.05, 0.1) is 10.6 Å². The Labute approximate surface area is 120 Å². The zero-order valence-electron chi connectivity index (χ0n) is 10.4. The van der Waals surface area contributed by atoms with E-state index in [0.717, 1.165) is 6.42 Å². The zero-order chi connectivity index (χ0) is 13.8. The van der Waals surface area contributed by atoms with Crippen molar-refractivity contribution in [2.24, 2.45) is 0 Å². The van der Waals surface area contributed by atoms with Gasteiger partial charge in [-0.25, -0.2) is 0 Å². The zero-order valence-corrected chi connectivity index (χ0v) is 12.0. The van der Waals surface area contributed by atoms with Gasteiger partial charge in [-0.05, 0) is 36.6 Å². The van der Waals surface area contributed by atoms with E-state index in [0.29, 0.717) is 10.6 Å². The van der Waals surface area contributed by atoms with Crippen molar-refractivity contribution in [1.82, 2.24) is 5.32 Å². The van der Waals surface area contributed by atoms with Crippen molar-refractivity contribution >= 4 is 28.8 Å². The molecule has 0 aliphatic rings. The van der Waals surface area contributed by atoms with Crippen molar-refractivity contribution in [2.45, 2.75) is 19.4 Å². The standard InChI is InChI=1S/C14H14ClNO2S/c1-9(7-11-3-2-6-19-11)16-14(18)12-8-10(17)4-5-13(12)15/h2-6,8-9,17H,7H2,1H3,(H,16,18). The minimum absolute atomic E-state index is 0.00423. The molecule has 0 fully saturated rings. The molecule has 0 radical (unpaired) electrons. The molecule has 0 bridgehead atoms. The molecule has 1 atom stereocenters. The van der Waals surface area contributed by atoms with Gasteiger partial charge in [-0.3, -0.25) is 4.79 Å². The maximum absolute atomic E-state index is 12.1. The topological polar surface area (TPSA) is 49.3 Å². The number of carbonyl (C=O) groups is 1. The molecule has 1 heterocycles. The highest BCUT2D eigenvalue weighted by Crippen LogP contribution is 2.21. The summed E-state index contributed by atoms with van der Waals surface area (Å²) < 4.78 is 0. The van der Waals surface area contributed by atoms with E-state index in [1.165, 1.54) is 23.1 Å². The van der Waals surface area contributed by atoms with Crippen LogP contribution in [-0.2, 0) is 6.42 Å². The summed E-state index contributed by atoms with van der Waals surface area (Å²) in [5.41, 5.74) is 0.291. The van der Waals surface area contributed by atoms with E-state index in [-0.39, 0.29) is 17.7 Å². The van der Waals surface area contributed by atoms with Gasteiger partial charge in [-0.1, -0.05) is 17.7 Å². The third-order valence-corrected chi connectivity index (χ3v) is 3.89. The number of rotatable bonds is 4. The van der Waals surface area contributed by atoms with E-state index in [4.69, 9.17) is 11.6 Å². The van der Waals surface area contributed by atoms with E-state index in [2.05, 4.69) is 5.32 Å². The fourth-order valence-corrected chi connectivity index (χ4v) is 2.81. The van der Waals surface area contributed by atoms with Crippen molar-refractivity contribution in [2.75, 3.05) is 0 Å². The first kappa shape index (κ1) is 13.9. The van der Waals surface area contributed by atoms with Crippen LogP contribution in [0, 0.1) is 0 Å². The third kappa shape index (κ3) is 3.72. The second kappa shape index (κ2) is 6.08. The summed E-state index contributed by atoms with van der Waals surface area (Å²) in [4.78, 5) is 13.3. The molecule has 19 heavy (non-hydrogen) atoms. The predicted octanol–water partition coefficient (Wildman–Crippen LogP) is 3.47. The molecule has 2 N–H and O–H groups in total. The molecule has 2 rings (SSSR count). The number of phenols is 1. The summed E-state index contributed by atoms with van der Waals surface area (Å²) in [5, 5.41) is 14.6. The molecule has 1 aromatic heterocycles. The smallest absolute Gasteiger partial charge is 0.253 e. The molecule has 1 aromatic carbocycles. The van der Waals surface area contributed by atoms with Gasteiger partial charge in [0.15, 0.2) is 0 Å². The van der Waals surface area contributed by atoms with Gasteiger partial charge in [0.1, 0.15) is 5.75 Å². The number of halogens is 1. The minimum atomic E-state index is -0.273. The normalized spacial score (nSPS) is 12.1. The maximum atomic E-state index is 12.1. The van der Waals surface area contributed by atoms with Gasteiger partial charge in [0.25, 0.3) is 5.91 Å². The number of hydrogen-bond donors (Lipinski definition) is 2. The summed E-state index contributed by atoms with van der Waals surface area (Å²) in [6, 6.07) is 8.36. The van der Waals surface area contributed by atoms with Crippen LogP contribution in [0.15, 0.2) is 35.7 Å². The fourth-order valence-electron chi connectivity index (χ4n) is 1.77. The summed E-state index contributed by atoms with van der Waals surface area (Å²) in [7, 11) is 0. The lowest BCUT2D eigenvalue weighted by Gasteiger charge is -2.13. The lowest BCUT2D eigenvalue weighted by Crippen LogP contribution is -2.34. The molecule has 5 heteroatoms. The number of nitrogens with one attached hydrogen (secondary N) is 1. The molecule has 0 spiro atoms. The van der Waals surface area contributed by atoms with E-state index >= 15 is 0 Å². The quantitative estimate of drug-likeness (QED) is 0.907. The molecule has 1 amide bonds. The van der Waals surface area contributed by atoms with E-state index in [1.54, 1.807) is 11.3 Å². The van der Waals surface area contributed by atoms with Crippen molar-refractivity contribution in [3.05, 3.63) is 51.2 Å². The van der Waals surface area contributed by atoms with Crippen LogP contribution in [-0.4, -0.2) is 17.1 Å². The van der Waals surface area contributed by atoms with Crippen molar-refractivity contribution in [3.63, 3.8) is 0 Å². The van der Waals surface area contributed by atoms with Crippen molar-refractivity contribution < 1.29 is 9.90 Å². The Balaban J connectivity index is 2.02. The van der Waals surface area contributed by atoms with Crippen LogP contribution >= 0.6 is 22.9 Å². The molecule has 1 unspecified atom stereocenters. The lowest BCUT2D eigenvalue weighted by atomic mass is 10.1. The lowest BCUT2D eigenvalue weighted by molar-refractivity contribution is 0.0940. The number of hydrogen-bond acceptors (Lipinski definition) is 3. The van der Waals surface area contributed by atoms with Gasteiger partial charge in [0.2, 0.25) is 0 Å². The summed E-state index contributed by atoms with van der Waals surface area (Å²) in [5.74, 6) is -0.245. The molecule has 2 aromatic rings. The van der Waals surface area contributed by atoms with Crippen LogP contribution in [0.5, 0.6) is 5.75 Å². The number of benzene rings is 1. The Hall–Kier alpha value is -1.52. The fraction of sp³-hybridized carbons (Fsp3) is 0.214. The molecule has 100 valence electrons. The van der Waals surface area contributed by atoms with Crippen molar-refractivity contribution in [1.29, 1.82) is 0 Å². The average Bonchev–Trinajstić information content (AvgIpc) is 2.84. The van der Waals surface area contributed by atoms with E-state index in [1.807, 2.05) is 24.4 Å². The van der Waals surface area contributed by atoms with Gasteiger partial charge >= 0.3 is 0 Å². The molecule has 0 aliphatic carbocycles. The third-order valence-electron chi connectivity index (χ3n) is 2.66. The summed E-state index contributed by atoms with van der Waals surface area (Å²) in [6.07, 6.45) is 0.778. The first-order chi connectivity index (χ1) is 9.06. The highest BCUT2D eigenvalue weighted by molar-refractivity contribution is 7.09. The molecule has 0 aliphatic heterocycles. The van der Waals surface area contributed by atoms with Crippen LogP contribution < -0.4 is 5.32 Å². The largest absolute Gasteiger partial charge is 0.508 e. The van der Waals surface area contributed by atoms with Crippen LogP contribution in [0.25, 0.3) is 0 Å². The monoisotopic (exact) mass is 295 g/mol. The highest BCUT2D eigenvalue weighted by Gasteiger charge is 2.14. The number of carbonyl (C=O) groups excluding carboxylic acids is 1. The van der Waals surface area contributed by atoms with E-state index < -0.39 is 0 Å². The molecule has 0 saturated carbocycles. The van der Waals surface area contributed by atoms with Gasteiger partial charge in [-0.15, -0.1) is 11.3 Å². The van der Waals surface area contributed by atoms with Crippen LogP contribution in [0.3, 0.4) is 0 Å². The highest BCUT2D eigenvalue weighted by atomic mass is 35.5. The van der Waals surface area contributed by atoms with E-state index in [9.17, 15) is 9.90 Å². The Morgan fingerprint density at radius 1 is 1.47 bits per heavy atom. The van der Waals surface area contributed by atoms with Crippen LogP contribution in [0.2, 0.25) is 5.02 Å². The number of aromatic hydroxyl groups is 1. The summed E-state index contributed by atoms with van der Waals surface area (Å²) in [6.45, 7) is 1.94. The molecular formula is C14H14ClNO2S. The second-order valence-electron chi connectivity index (χ2n) is 4.32. The van der Waals surface area contributed by atoms with Gasteiger partial charge in [-0.2, -0.15) is 0 Å². The number of phenolic OH excluding ortho intramolecular Hbond substituents is 1. The first-order valence-corrected chi connectivity index (χ1v) is 7.14. The maximum Gasteiger partial charge on any atom is 0.253 e. The number of thiophene rings is 1. The average molecular weight is 296 g/mol. The van der Waals surface area contributed by atoms with Crippen LogP contribution in [0.1, 0.15) is 22.2 Å². The minimum Gasteiger partial charge on any atom is -0.508 e.